The molecule has 1 saturated heterocycles. The van der Waals surface area contributed by atoms with Gasteiger partial charge in [-0.25, -0.2) is 0 Å². The minimum atomic E-state index is 0.0456. The number of rotatable bonds is 5. The van der Waals surface area contributed by atoms with E-state index < -0.39 is 0 Å². The molecule has 0 aromatic carbocycles. The van der Waals surface area contributed by atoms with Gasteiger partial charge in [-0.3, -0.25) is 9.59 Å². The third-order valence-electron chi connectivity index (χ3n) is 4.71. The lowest BCUT2D eigenvalue weighted by Crippen LogP contribution is -2.46. The van der Waals surface area contributed by atoms with Crippen LogP contribution in [0.2, 0.25) is 0 Å². The van der Waals surface area contributed by atoms with E-state index in [4.69, 9.17) is 0 Å². The summed E-state index contributed by atoms with van der Waals surface area (Å²) in [6.07, 6.45) is 2.03. The van der Waals surface area contributed by atoms with Crippen molar-refractivity contribution in [2.24, 2.45) is 11.8 Å². The van der Waals surface area contributed by atoms with Gasteiger partial charge in [-0.05, 0) is 44.7 Å². The highest BCUT2D eigenvalue weighted by atomic mass is 32.1. The molecule has 1 aromatic rings. The van der Waals surface area contributed by atoms with Gasteiger partial charge in [0, 0.05) is 34.8 Å². The van der Waals surface area contributed by atoms with Gasteiger partial charge in [0.2, 0.25) is 11.8 Å². The maximum Gasteiger partial charge on any atom is 0.227 e. The van der Waals surface area contributed by atoms with Gasteiger partial charge in [-0.15, -0.1) is 11.3 Å². The topological polar surface area (TPSA) is 49.4 Å². The molecule has 0 bridgehead atoms. The molecule has 4 nitrogen and oxygen atoms in total. The second-order valence-corrected chi connectivity index (χ2v) is 8.26. The predicted octanol–water partition coefficient (Wildman–Crippen LogP) is 3.00. The van der Waals surface area contributed by atoms with Crippen LogP contribution in [0.25, 0.3) is 0 Å². The molecule has 0 unspecified atom stereocenters. The Bertz CT molecular complexity index is 545. The van der Waals surface area contributed by atoms with Crippen LogP contribution in [0, 0.1) is 18.8 Å². The Kier molecular flexibility index (Phi) is 6.22. The molecule has 0 radical (unpaired) electrons. The Morgan fingerprint density at radius 1 is 1.26 bits per heavy atom. The van der Waals surface area contributed by atoms with Crippen molar-refractivity contribution >= 4 is 23.2 Å². The Morgan fingerprint density at radius 2 is 1.91 bits per heavy atom. The van der Waals surface area contributed by atoms with E-state index in [-0.39, 0.29) is 23.8 Å². The fraction of sp³-hybridized carbons (Fsp3) is 0.667. The fourth-order valence-electron chi connectivity index (χ4n) is 2.74. The SMILES string of the molecule is Cc1ccc(CC(=O)N2CCC(C(=O)N[C@@H](C)C(C)C)CC2)s1. The van der Waals surface area contributed by atoms with E-state index in [0.29, 0.717) is 25.4 Å². The minimum absolute atomic E-state index is 0.0456. The number of carbonyl (C=O) groups excluding carboxylic acids is 2. The van der Waals surface area contributed by atoms with Crippen LogP contribution in [-0.4, -0.2) is 35.8 Å². The van der Waals surface area contributed by atoms with Gasteiger partial charge in [0.25, 0.3) is 0 Å². The quantitative estimate of drug-likeness (QED) is 0.898. The van der Waals surface area contributed by atoms with Gasteiger partial charge >= 0.3 is 0 Å². The number of carbonyl (C=O) groups is 2. The van der Waals surface area contributed by atoms with E-state index in [1.54, 1.807) is 11.3 Å². The molecular weight excluding hydrogens is 308 g/mol. The molecule has 1 atom stereocenters. The van der Waals surface area contributed by atoms with E-state index >= 15 is 0 Å². The van der Waals surface area contributed by atoms with Gasteiger partial charge in [-0.2, -0.15) is 0 Å². The third kappa shape index (κ3) is 5.06. The number of amides is 2. The Labute approximate surface area is 143 Å². The van der Waals surface area contributed by atoms with Gasteiger partial charge < -0.3 is 10.2 Å². The maximum absolute atomic E-state index is 12.4. The Balaban J connectivity index is 1.79. The van der Waals surface area contributed by atoms with E-state index in [1.807, 2.05) is 17.9 Å². The van der Waals surface area contributed by atoms with Crippen molar-refractivity contribution in [3.8, 4) is 0 Å². The van der Waals surface area contributed by atoms with Crippen LogP contribution in [0.1, 0.15) is 43.4 Å². The first-order valence-corrected chi connectivity index (χ1v) is 9.32. The van der Waals surface area contributed by atoms with Gasteiger partial charge in [0.05, 0.1) is 6.42 Å². The van der Waals surface area contributed by atoms with Crippen molar-refractivity contribution in [1.29, 1.82) is 0 Å². The summed E-state index contributed by atoms with van der Waals surface area (Å²) in [5.74, 6) is 0.813. The first-order chi connectivity index (χ1) is 10.9. The molecule has 1 aromatic heterocycles. The van der Waals surface area contributed by atoms with E-state index in [0.717, 1.165) is 17.7 Å². The normalized spacial score (nSPS) is 17.3. The zero-order valence-electron chi connectivity index (χ0n) is 14.6. The van der Waals surface area contributed by atoms with E-state index in [9.17, 15) is 9.59 Å². The van der Waals surface area contributed by atoms with Gasteiger partial charge in [-0.1, -0.05) is 13.8 Å². The lowest BCUT2D eigenvalue weighted by Gasteiger charge is -2.32. The Hall–Kier alpha value is -1.36. The summed E-state index contributed by atoms with van der Waals surface area (Å²) in [7, 11) is 0. The molecule has 0 spiro atoms. The van der Waals surface area contributed by atoms with E-state index in [2.05, 4.69) is 32.2 Å². The first kappa shape index (κ1) is 18.0. The van der Waals surface area contributed by atoms with Crippen molar-refractivity contribution in [2.75, 3.05) is 13.1 Å². The fourth-order valence-corrected chi connectivity index (χ4v) is 3.62. The van der Waals surface area contributed by atoms with Crippen LogP contribution < -0.4 is 5.32 Å². The van der Waals surface area contributed by atoms with Crippen LogP contribution in [0.3, 0.4) is 0 Å². The highest BCUT2D eigenvalue weighted by Gasteiger charge is 2.28. The second-order valence-electron chi connectivity index (χ2n) is 6.89. The molecule has 1 fully saturated rings. The van der Waals surface area contributed by atoms with Crippen molar-refractivity contribution < 1.29 is 9.59 Å². The summed E-state index contributed by atoms with van der Waals surface area (Å²) in [6.45, 7) is 9.71. The Morgan fingerprint density at radius 3 is 2.43 bits per heavy atom. The standard InChI is InChI=1S/C18H28N2O2S/c1-12(2)14(4)19-18(22)15-7-9-20(10-8-15)17(21)11-16-6-5-13(3)23-16/h5-6,12,14-15H,7-11H2,1-4H3,(H,19,22)/t14-/m0/s1. The van der Waals surface area contributed by atoms with Crippen molar-refractivity contribution in [1.82, 2.24) is 10.2 Å². The highest BCUT2D eigenvalue weighted by Crippen LogP contribution is 2.21. The number of nitrogens with zero attached hydrogens (tertiary/aromatic N) is 1. The number of likely N-dealkylation sites (tertiary alicyclic amines) is 1. The number of nitrogens with one attached hydrogen (secondary N) is 1. The van der Waals surface area contributed by atoms with Crippen LogP contribution in [-0.2, 0) is 16.0 Å². The summed E-state index contributed by atoms with van der Waals surface area (Å²) in [6, 6.07) is 4.29. The van der Waals surface area contributed by atoms with Crippen LogP contribution in [0.4, 0.5) is 0 Å². The molecule has 2 amide bonds. The first-order valence-electron chi connectivity index (χ1n) is 8.50. The molecule has 2 rings (SSSR count). The lowest BCUT2D eigenvalue weighted by atomic mass is 9.94. The number of hydrogen-bond donors (Lipinski definition) is 1. The average molecular weight is 337 g/mol. The molecule has 0 saturated carbocycles. The summed E-state index contributed by atoms with van der Waals surface area (Å²) >= 11 is 1.68. The largest absolute Gasteiger partial charge is 0.353 e. The zero-order valence-corrected chi connectivity index (χ0v) is 15.4. The molecule has 0 aliphatic carbocycles. The molecule has 23 heavy (non-hydrogen) atoms. The molecular formula is C18H28N2O2S. The van der Waals surface area contributed by atoms with Crippen molar-refractivity contribution in [2.45, 2.75) is 53.0 Å². The molecule has 1 aliphatic rings. The lowest BCUT2D eigenvalue weighted by molar-refractivity contribution is -0.135. The highest BCUT2D eigenvalue weighted by molar-refractivity contribution is 7.12. The van der Waals surface area contributed by atoms with Crippen molar-refractivity contribution in [3.05, 3.63) is 21.9 Å². The maximum atomic E-state index is 12.4. The average Bonchev–Trinajstić information content (AvgIpc) is 2.92. The third-order valence-corrected chi connectivity index (χ3v) is 5.71. The second kappa shape index (κ2) is 7.95. The summed E-state index contributed by atoms with van der Waals surface area (Å²) in [5, 5.41) is 3.09. The van der Waals surface area contributed by atoms with Gasteiger partial charge in [0.1, 0.15) is 0 Å². The van der Waals surface area contributed by atoms with Crippen molar-refractivity contribution in [3.63, 3.8) is 0 Å². The number of thiophene rings is 1. The zero-order chi connectivity index (χ0) is 17.0. The molecule has 1 N–H and O–H groups in total. The van der Waals surface area contributed by atoms with E-state index in [1.165, 1.54) is 4.88 Å². The van der Waals surface area contributed by atoms with Crippen LogP contribution >= 0.6 is 11.3 Å². The monoisotopic (exact) mass is 336 g/mol. The smallest absolute Gasteiger partial charge is 0.227 e. The van der Waals surface area contributed by atoms with Crippen LogP contribution in [0.15, 0.2) is 12.1 Å². The summed E-state index contributed by atoms with van der Waals surface area (Å²) in [4.78, 5) is 28.9. The minimum Gasteiger partial charge on any atom is -0.353 e. The predicted molar refractivity (Wildman–Crippen MR) is 94.5 cm³/mol. The number of hydrogen-bond acceptors (Lipinski definition) is 3. The number of piperidine rings is 1. The summed E-state index contributed by atoms with van der Waals surface area (Å²) < 4.78 is 0. The summed E-state index contributed by atoms with van der Waals surface area (Å²) in [5.41, 5.74) is 0. The van der Waals surface area contributed by atoms with Crippen LogP contribution in [0.5, 0.6) is 0 Å². The molecule has 2 heterocycles. The van der Waals surface area contributed by atoms with Gasteiger partial charge in [0.15, 0.2) is 0 Å². The number of aryl methyl sites for hydroxylation is 1. The molecule has 1 aliphatic heterocycles. The molecule has 128 valence electrons. The molecule has 5 heteroatoms.